The maximum atomic E-state index is 2.69. The fraction of sp³-hybridized carbons (Fsp3) is 1.00. The monoisotopic (exact) mass is 289 g/mol. The van der Waals surface area contributed by atoms with Crippen molar-refractivity contribution in [2.75, 3.05) is 45.8 Å². The van der Waals surface area contributed by atoms with Crippen LogP contribution < -0.4 is 0 Å². The summed E-state index contributed by atoms with van der Waals surface area (Å²) in [5.74, 6) is 2.28. The molecule has 2 heterocycles. The van der Waals surface area contributed by atoms with E-state index >= 15 is 0 Å². The van der Waals surface area contributed by atoms with Crippen molar-refractivity contribution in [2.24, 2.45) is 5.92 Å². The molecule has 0 aromatic rings. The summed E-state index contributed by atoms with van der Waals surface area (Å²) in [5, 5.41) is 0. The fourth-order valence-corrected chi connectivity index (χ4v) is 3.59. The molecule has 21 heavy (non-hydrogen) atoms. The molecule has 0 spiro atoms. The Morgan fingerprint density at radius 3 is 1.71 bits per heavy atom. The average Bonchev–Trinajstić information content (AvgIpc) is 2.42. The lowest BCUT2D eigenvalue weighted by atomic mass is 9.74. The van der Waals surface area contributed by atoms with Crippen LogP contribution in [0.4, 0.5) is 0 Å². The summed E-state index contributed by atoms with van der Waals surface area (Å²) < 4.78 is 0. The van der Waals surface area contributed by atoms with Gasteiger partial charge in [0.25, 0.3) is 0 Å². The van der Waals surface area contributed by atoms with Gasteiger partial charge in [-0.2, -0.15) is 0 Å². The van der Waals surface area contributed by atoms with Gasteiger partial charge in [0.2, 0.25) is 14.8 Å². The van der Waals surface area contributed by atoms with E-state index in [1.807, 2.05) is 0 Å². The van der Waals surface area contributed by atoms with Gasteiger partial charge in [-0.05, 0) is 44.9 Å². The molecule has 0 saturated carbocycles. The van der Waals surface area contributed by atoms with Crippen LogP contribution in [0.2, 0.25) is 11.6 Å². The van der Waals surface area contributed by atoms with Gasteiger partial charge >= 0.3 is 0 Å². The quantitative estimate of drug-likeness (QED) is 0.694. The summed E-state index contributed by atoms with van der Waals surface area (Å²) in [4.78, 5) is 7.75. The first-order valence-electron chi connectivity index (χ1n) is 8.93. The number of hydrogen-bond acceptors (Lipinski definition) is 3. The molecule has 2 fully saturated rings. The number of rotatable bonds is 6. The molecule has 118 valence electrons. The number of nitrogens with zero attached hydrogens (tertiary/aromatic N) is 3. The number of hydrogen-bond donors (Lipinski definition) is 0. The van der Waals surface area contributed by atoms with Gasteiger partial charge in [-0.25, -0.2) is 0 Å². The van der Waals surface area contributed by atoms with E-state index in [0.29, 0.717) is 11.6 Å². The third-order valence-electron chi connectivity index (χ3n) is 4.59. The second-order valence-corrected chi connectivity index (χ2v) is 7.60. The highest BCUT2D eigenvalue weighted by atomic mass is 15.2. The second kappa shape index (κ2) is 8.59. The van der Waals surface area contributed by atoms with Crippen molar-refractivity contribution in [1.29, 1.82) is 0 Å². The average molecular weight is 289 g/mol. The molecule has 3 nitrogen and oxygen atoms in total. The molecule has 0 unspecified atom stereocenters. The van der Waals surface area contributed by atoms with E-state index in [1.165, 1.54) is 58.7 Å². The lowest BCUT2D eigenvalue weighted by Gasteiger charge is -2.39. The van der Waals surface area contributed by atoms with Crippen molar-refractivity contribution in [3.63, 3.8) is 0 Å². The van der Waals surface area contributed by atoms with Gasteiger partial charge in [-0.3, -0.25) is 0 Å². The van der Waals surface area contributed by atoms with Crippen LogP contribution in [0.3, 0.4) is 0 Å². The largest absolute Gasteiger partial charge is 0.346 e. The Hall–Kier alpha value is 0.00987. The molecular weight excluding hydrogens is 256 g/mol. The van der Waals surface area contributed by atoms with Gasteiger partial charge in [0.1, 0.15) is 0 Å². The zero-order chi connectivity index (χ0) is 15.2. The molecule has 0 bridgehead atoms. The van der Waals surface area contributed by atoms with Gasteiger partial charge in [0.05, 0.1) is 0 Å². The van der Waals surface area contributed by atoms with Crippen molar-refractivity contribution in [1.82, 2.24) is 14.5 Å². The highest BCUT2D eigenvalue weighted by molar-refractivity contribution is 6.34. The molecule has 2 rings (SSSR count). The summed E-state index contributed by atoms with van der Waals surface area (Å²) in [6, 6.07) is 0. The van der Waals surface area contributed by atoms with Crippen LogP contribution in [0.15, 0.2) is 0 Å². The Morgan fingerprint density at radius 1 is 0.762 bits per heavy atom. The zero-order valence-corrected chi connectivity index (χ0v) is 14.6. The van der Waals surface area contributed by atoms with Crippen LogP contribution in [0.25, 0.3) is 0 Å². The van der Waals surface area contributed by atoms with Gasteiger partial charge in [0, 0.05) is 19.6 Å². The summed E-state index contributed by atoms with van der Waals surface area (Å²) in [6.07, 6.45) is 2.75. The first-order valence-corrected chi connectivity index (χ1v) is 8.93. The molecule has 0 N–H and O–H groups in total. The predicted octanol–water partition coefficient (Wildman–Crippen LogP) is 2.21. The van der Waals surface area contributed by atoms with Gasteiger partial charge < -0.3 is 14.5 Å². The van der Waals surface area contributed by atoms with Crippen LogP contribution in [0.1, 0.15) is 40.5 Å². The minimum absolute atomic E-state index is 0.679. The van der Waals surface area contributed by atoms with Crippen molar-refractivity contribution in [2.45, 2.75) is 52.2 Å². The normalized spacial score (nSPS) is 23.9. The van der Waals surface area contributed by atoms with Crippen molar-refractivity contribution in [3.8, 4) is 0 Å². The lowest BCUT2D eigenvalue weighted by molar-refractivity contribution is 0.141. The van der Waals surface area contributed by atoms with Gasteiger partial charge in [-0.15, -0.1) is 0 Å². The highest BCUT2D eigenvalue weighted by Gasteiger charge is 2.24. The van der Waals surface area contributed by atoms with E-state index < -0.39 is 0 Å². The predicted molar refractivity (Wildman–Crippen MR) is 94.0 cm³/mol. The molecule has 2 radical (unpaired) electrons. The van der Waals surface area contributed by atoms with Crippen molar-refractivity contribution in [3.05, 3.63) is 0 Å². The summed E-state index contributed by atoms with van der Waals surface area (Å²) in [7, 11) is 4.81. The summed E-state index contributed by atoms with van der Waals surface area (Å²) in [6.45, 7) is 17.9. The fourth-order valence-electron chi connectivity index (χ4n) is 3.59. The molecule has 0 atom stereocenters. The number of piperidine rings is 1. The van der Waals surface area contributed by atoms with Gasteiger partial charge in [-0.1, -0.05) is 39.3 Å². The number of piperazine rings is 1. The van der Waals surface area contributed by atoms with E-state index in [0.717, 1.165) is 5.92 Å². The van der Waals surface area contributed by atoms with Gasteiger partial charge in [0.15, 0.2) is 0 Å². The van der Waals surface area contributed by atoms with E-state index in [4.69, 9.17) is 0 Å². The Bertz CT molecular complexity index is 255. The van der Waals surface area contributed by atoms with Crippen LogP contribution >= 0.6 is 0 Å². The zero-order valence-electron chi connectivity index (χ0n) is 14.6. The molecule has 0 aromatic heterocycles. The van der Waals surface area contributed by atoms with E-state index in [1.54, 1.807) is 0 Å². The van der Waals surface area contributed by atoms with Crippen LogP contribution in [0, 0.1) is 5.92 Å². The Balaban J connectivity index is 1.61. The Labute approximate surface area is 134 Å². The van der Waals surface area contributed by atoms with E-state index in [9.17, 15) is 0 Å². The standard InChI is InChI=1S/C16H33B2N3/c1-14(2)17-20-7-5-16(6-8-20)13-19-9-11-21(12-10-19)18-15(3)4/h14-16H,5-13H2,1-4H3. The SMILES string of the molecule is CC(C)[B]N1CCC(CN2CCN([B]C(C)C)CC2)CC1. The molecular formula is C16H33B2N3. The first kappa shape index (κ1) is 17.4. The molecule has 0 amide bonds. The van der Waals surface area contributed by atoms with E-state index in [2.05, 4.69) is 57.0 Å². The molecule has 2 saturated heterocycles. The second-order valence-electron chi connectivity index (χ2n) is 7.60. The third-order valence-corrected chi connectivity index (χ3v) is 4.59. The lowest BCUT2D eigenvalue weighted by Crippen LogP contribution is -2.50. The van der Waals surface area contributed by atoms with Crippen molar-refractivity contribution < 1.29 is 0 Å². The van der Waals surface area contributed by atoms with Crippen molar-refractivity contribution >= 4 is 14.8 Å². The molecule has 2 aliphatic rings. The maximum absolute atomic E-state index is 2.69. The Morgan fingerprint density at radius 2 is 1.24 bits per heavy atom. The molecule has 5 heteroatoms. The summed E-state index contributed by atoms with van der Waals surface area (Å²) >= 11 is 0. The smallest absolute Gasteiger partial charge is 0.211 e. The van der Waals surface area contributed by atoms with E-state index in [-0.39, 0.29) is 0 Å². The van der Waals surface area contributed by atoms with Crippen LogP contribution in [-0.4, -0.2) is 75.2 Å². The summed E-state index contributed by atoms with van der Waals surface area (Å²) in [5.41, 5.74) is 0. The maximum Gasteiger partial charge on any atom is 0.211 e. The van der Waals surface area contributed by atoms with Crippen LogP contribution in [0.5, 0.6) is 0 Å². The topological polar surface area (TPSA) is 9.72 Å². The van der Waals surface area contributed by atoms with Crippen LogP contribution in [-0.2, 0) is 0 Å². The molecule has 0 aliphatic carbocycles. The Kier molecular flexibility index (Phi) is 7.11. The molecule has 2 aliphatic heterocycles. The first-order chi connectivity index (χ1) is 10.0. The minimum Gasteiger partial charge on any atom is -0.346 e. The highest BCUT2D eigenvalue weighted by Crippen LogP contribution is 2.20. The minimum atomic E-state index is 0.679. The third kappa shape index (κ3) is 6.33. The molecule has 0 aromatic carbocycles.